The van der Waals surface area contributed by atoms with Gasteiger partial charge in [-0.25, -0.2) is 0 Å². The minimum atomic E-state index is -0.304. The van der Waals surface area contributed by atoms with Gasteiger partial charge in [0.05, 0.1) is 0 Å². The standard InChI is InChI=1S/C18H16BrN5O3/c1-24-7-6-16(22-24)21-18(25)12-8-13(19)10-15(9-12)27-14-4-2-11(3-5-14)17(20)23-26/h2-10,26H,1H3,(H2,20,23)(H,21,22,25). The van der Waals surface area contributed by atoms with Gasteiger partial charge in [0.15, 0.2) is 11.7 Å². The normalized spacial score (nSPS) is 11.3. The highest BCUT2D eigenvalue weighted by Crippen LogP contribution is 2.27. The molecule has 0 spiro atoms. The first kappa shape index (κ1) is 18.5. The molecule has 1 aromatic heterocycles. The number of benzene rings is 2. The summed E-state index contributed by atoms with van der Waals surface area (Å²) in [6.07, 6.45) is 1.74. The zero-order valence-electron chi connectivity index (χ0n) is 14.3. The number of carbonyl (C=O) groups excluding carboxylic acids is 1. The van der Waals surface area contributed by atoms with Crippen molar-refractivity contribution in [2.75, 3.05) is 5.32 Å². The Kier molecular flexibility index (Phi) is 5.41. The number of hydrogen-bond acceptors (Lipinski definition) is 5. The van der Waals surface area contributed by atoms with E-state index in [2.05, 4.69) is 31.5 Å². The van der Waals surface area contributed by atoms with Crippen LogP contribution >= 0.6 is 15.9 Å². The topological polar surface area (TPSA) is 115 Å². The van der Waals surface area contributed by atoms with Crippen molar-refractivity contribution in [2.45, 2.75) is 0 Å². The van der Waals surface area contributed by atoms with Crippen LogP contribution in [0.5, 0.6) is 11.5 Å². The highest BCUT2D eigenvalue weighted by Gasteiger charge is 2.11. The van der Waals surface area contributed by atoms with E-state index in [9.17, 15) is 4.79 Å². The number of carbonyl (C=O) groups is 1. The second kappa shape index (κ2) is 7.92. The molecule has 2 aromatic carbocycles. The van der Waals surface area contributed by atoms with Gasteiger partial charge in [0.1, 0.15) is 11.5 Å². The minimum Gasteiger partial charge on any atom is -0.457 e. The van der Waals surface area contributed by atoms with Crippen molar-refractivity contribution in [1.82, 2.24) is 9.78 Å². The molecule has 1 amide bonds. The van der Waals surface area contributed by atoms with Crippen LogP contribution in [0.1, 0.15) is 15.9 Å². The molecule has 0 bridgehead atoms. The molecule has 0 saturated heterocycles. The molecule has 0 aliphatic heterocycles. The largest absolute Gasteiger partial charge is 0.457 e. The van der Waals surface area contributed by atoms with E-state index >= 15 is 0 Å². The number of oxime groups is 1. The number of nitrogens with one attached hydrogen (secondary N) is 1. The van der Waals surface area contributed by atoms with Gasteiger partial charge in [0.25, 0.3) is 5.91 Å². The van der Waals surface area contributed by atoms with E-state index in [1.54, 1.807) is 66.5 Å². The second-order valence-corrected chi connectivity index (χ2v) is 6.53. The monoisotopic (exact) mass is 429 g/mol. The van der Waals surface area contributed by atoms with E-state index in [1.807, 2.05) is 0 Å². The number of nitrogens with zero attached hydrogens (tertiary/aromatic N) is 3. The summed E-state index contributed by atoms with van der Waals surface area (Å²) < 4.78 is 8.09. The molecule has 0 atom stereocenters. The van der Waals surface area contributed by atoms with E-state index < -0.39 is 0 Å². The summed E-state index contributed by atoms with van der Waals surface area (Å²) >= 11 is 3.38. The molecule has 1 heterocycles. The number of aromatic nitrogens is 2. The molecule has 0 radical (unpaired) electrons. The molecule has 0 aliphatic carbocycles. The Morgan fingerprint density at radius 2 is 1.93 bits per heavy atom. The van der Waals surface area contributed by atoms with Crippen molar-refractivity contribution < 1.29 is 14.7 Å². The van der Waals surface area contributed by atoms with Crippen LogP contribution in [0, 0.1) is 0 Å². The van der Waals surface area contributed by atoms with Crippen LogP contribution in [-0.2, 0) is 7.05 Å². The highest BCUT2D eigenvalue weighted by molar-refractivity contribution is 9.10. The van der Waals surface area contributed by atoms with Gasteiger partial charge in [0.2, 0.25) is 0 Å². The van der Waals surface area contributed by atoms with Gasteiger partial charge in [0, 0.05) is 34.9 Å². The number of aryl methyl sites for hydroxylation is 1. The lowest BCUT2D eigenvalue weighted by Crippen LogP contribution is -2.13. The number of hydrogen-bond donors (Lipinski definition) is 3. The molecule has 0 aliphatic rings. The van der Waals surface area contributed by atoms with E-state index in [0.717, 1.165) is 0 Å². The maximum Gasteiger partial charge on any atom is 0.257 e. The van der Waals surface area contributed by atoms with Gasteiger partial charge < -0.3 is 21.0 Å². The van der Waals surface area contributed by atoms with Gasteiger partial charge >= 0.3 is 0 Å². The van der Waals surface area contributed by atoms with Gasteiger partial charge in [-0.05, 0) is 42.5 Å². The van der Waals surface area contributed by atoms with Crippen molar-refractivity contribution in [2.24, 2.45) is 17.9 Å². The first-order valence-electron chi connectivity index (χ1n) is 7.82. The third kappa shape index (κ3) is 4.64. The smallest absolute Gasteiger partial charge is 0.257 e. The van der Waals surface area contributed by atoms with Crippen molar-refractivity contribution in [3.05, 3.63) is 70.3 Å². The van der Waals surface area contributed by atoms with Crippen LogP contribution in [0.15, 0.2) is 64.4 Å². The Morgan fingerprint density at radius 3 is 2.56 bits per heavy atom. The molecule has 27 heavy (non-hydrogen) atoms. The molecule has 3 rings (SSSR count). The zero-order valence-corrected chi connectivity index (χ0v) is 15.8. The molecule has 138 valence electrons. The molecular weight excluding hydrogens is 414 g/mol. The zero-order chi connectivity index (χ0) is 19.4. The number of halogens is 1. The predicted molar refractivity (Wildman–Crippen MR) is 104 cm³/mol. The third-order valence-corrected chi connectivity index (χ3v) is 4.04. The molecule has 0 saturated carbocycles. The molecule has 8 nitrogen and oxygen atoms in total. The van der Waals surface area contributed by atoms with Crippen LogP contribution in [0.4, 0.5) is 5.82 Å². The van der Waals surface area contributed by atoms with E-state index in [4.69, 9.17) is 15.7 Å². The van der Waals surface area contributed by atoms with Crippen LogP contribution in [-0.4, -0.2) is 26.7 Å². The molecule has 9 heteroatoms. The summed E-state index contributed by atoms with van der Waals surface area (Å²) in [5.41, 5.74) is 6.52. The lowest BCUT2D eigenvalue weighted by Gasteiger charge is -2.09. The molecule has 3 aromatic rings. The summed E-state index contributed by atoms with van der Waals surface area (Å²) in [5.74, 6) is 1.19. The molecule has 0 fully saturated rings. The summed E-state index contributed by atoms with van der Waals surface area (Å²) in [5, 5.41) is 18.5. The Bertz CT molecular complexity index is 998. The lowest BCUT2D eigenvalue weighted by molar-refractivity contribution is 0.102. The van der Waals surface area contributed by atoms with Crippen molar-refractivity contribution in [1.29, 1.82) is 0 Å². The Balaban J connectivity index is 1.77. The van der Waals surface area contributed by atoms with E-state index in [0.29, 0.717) is 32.9 Å². The van der Waals surface area contributed by atoms with Gasteiger partial charge in [-0.15, -0.1) is 0 Å². The highest BCUT2D eigenvalue weighted by atomic mass is 79.9. The SMILES string of the molecule is Cn1ccc(NC(=O)c2cc(Br)cc(Oc3ccc(C(N)=NO)cc3)c2)n1. The number of rotatable bonds is 5. The van der Waals surface area contributed by atoms with Crippen LogP contribution < -0.4 is 15.8 Å². The fraction of sp³-hybridized carbons (Fsp3) is 0.0556. The maximum absolute atomic E-state index is 12.4. The minimum absolute atomic E-state index is 0.0116. The Labute approximate surface area is 163 Å². The van der Waals surface area contributed by atoms with Crippen molar-refractivity contribution in [3.8, 4) is 11.5 Å². The fourth-order valence-corrected chi connectivity index (χ4v) is 2.78. The van der Waals surface area contributed by atoms with Crippen LogP contribution in [0.25, 0.3) is 0 Å². The first-order valence-corrected chi connectivity index (χ1v) is 8.61. The number of anilines is 1. The summed E-state index contributed by atoms with van der Waals surface area (Å²) in [6, 6.07) is 13.5. The van der Waals surface area contributed by atoms with Crippen LogP contribution in [0.3, 0.4) is 0 Å². The first-order chi connectivity index (χ1) is 12.9. The number of amides is 1. The number of nitrogens with two attached hydrogens (primary N) is 1. The van der Waals surface area contributed by atoms with E-state index in [1.165, 1.54) is 0 Å². The van der Waals surface area contributed by atoms with E-state index in [-0.39, 0.29) is 11.7 Å². The van der Waals surface area contributed by atoms with Gasteiger partial charge in [-0.3, -0.25) is 9.48 Å². The Hall–Kier alpha value is -3.33. The fourth-order valence-electron chi connectivity index (χ4n) is 2.31. The van der Waals surface area contributed by atoms with Gasteiger partial charge in [-0.2, -0.15) is 5.10 Å². The maximum atomic E-state index is 12.4. The average molecular weight is 430 g/mol. The van der Waals surface area contributed by atoms with Gasteiger partial charge in [-0.1, -0.05) is 21.1 Å². The summed E-state index contributed by atoms with van der Waals surface area (Å²) in [7, 11) is 1.77. The Morgan fingerprint density at radius 1 is 1.19 bits per heavy atom. The lowest BCUT2D eigenvalue weighted by atomic mass is 10.2. The average Bonchev–Trinajstić information content (AvgIpc) is 3.06. The molecular formula is C18H16BrN5O3. The molecule has 4 N–H and O–H groups in total. The van der Waals surface area contributed by atoms with Crippen molar-refractivity contribution in [3.63, 3.8) is 0 Å². The summed E-state index contributed by atoms with van der Waals surface area (Å²) in [4.78, 5) is 12.4. The third-order valence-electron chi connectivity index (χ3n) is 3.58. The predicted octanol–water partition coefficient (Wildman–Crippen LogP) is 3.32. The quantitative estimate of drug-likeness (QED) is 0.249. The van der Waals surface area contributed by atoms with Crippen LogP contribution in [0.2, 0.25) is 0 Å². The number of amidine groups is 1. The number of ether oxygens (including phenoxy) is 1. The molecule has 0 unspecified atom stereocenters. The summed E-state index contributed by atoms with van der Waals surface area (Å²) in [6.45, 7) is 0. The second-order valence-electron chi connectivity index (χ2n) is 5.62. The van der Waals surface area contributed by atoms with Crippen molar-refractivity contribution >= 4 is 33.5 Å².